The Kier molecular flexibility index (Phi) is 5.26. The number of anilines is 1. The van der Waals surface area contributed by atoms with Crippen molar-refractivity contribution in [3.05, 3.63) is 89.7 Å². The minimum Gasteiger partial charge on any atom is -0.278 e. The number of nitrogens with one attached hydrogen (secondary N) is 1. The molecule has 0 atom stereocenters. The van der Waals surface area contributed by atoms with Gasteiger partial charge < -0.3 is 0 Å². The number of hydrogen-bond acceptors (Lipinski definition) is 2. The molecule has 0 aliphatic carbocycles. The van der Waals surface area contributed by atoms with Crippen LogP contribution in [-0.2, 0) is 6.18 Å². The van der Waals surface area contributed by atoms with E-state index in [4.69, 9.17) is 0 Å². The third-order valence-electron chi connectivity index (χ3n) is 4.02. The fourth-order valence-corrected chi connectivity index (χ4v) is 2.52. The zero-order valence-corrected chi connectivity index (χ0v) is 14.4. The Hall–Kier alpha value is -3.15. The Bertz CT molecular complexity index is 943. The first-order valence-electron chi connectivity index (χ1n) is 8.17. The summed E-state index contributed by atoms with van der Waals surface area (Å²) in [6.45, 7) is 1.76. The van der Waals surface area contributed by atoms with Crippen LogP contribution in [0.5, 0.6) is 0 Å². The second-order valence-corrected chi connectivity index (χ2v) is 5.97. The van der Waals surface area contributed by atoms with Gasteiger partial charge in [0.05, 0.1) is 17.0 Å². The summed E-state index contributed by atoms with van der Waals surface area (Å²) in [7, 11) is 0. The molecular weight excluding hydrogens is 356 g/mol. The van der Waals surface area contributed by atoms with E-state index in [2.05, 4.69) is 10.5 Å². The molecular formula is C21H16F4N2. The maximum atomic E-state index is 13.0. The highest BCUT2D eigenvalue weighted by Gasteiger charge is 2.30. The molecule has 3 rings (SSSR count). The number of hydrazone groups is 1. The van der Waals surface area contributed by atoms with Crippen molar-refractivity contribution in [2.24, 2.45) is 5.10 Å². The second kappa shape index (κ2) is 7.61. The maximum Gasteiger partial charge on any atom is 0.416 e. The van der Waals surface area contributed by atoms with Gasteiger partial charge in [0, 0.05) is 0 Å². The molecule has 0 aliphatic heterocycles. The van der Waals surface area contributed by atoms with Crippen molar-refractivity contribution in [3.63, 3.8) is 0 Å². The van der Waals surface area contributed by atoms with Crippen LogP contribution in [0.15, 0.2) is 77.9 Å². The highest BCUT2D eigenvalue weighted by atomic mass is 19.4. The van der Waals surface area contributed by atoms with Gasteiger partial charge in [0.25, 0.3) is 0 Å². The number of rotatable bonds is 4. The molecule has 0 radical (unpaired) electrons. The zero-order valence-electron chi connectivity index (χ0n) is 14.4. The van der Waals surface area contributed by atoms with E-state index in [-0.39, 0.29) is 11.5 Å². The smallest absolute Gasteiger partial charge is 0.278 e. The van der Waals surface area contributed by atoms with Gasteiger partial charge in [0.1, 0.15) is 5.82 Å². The largest absolute Gasteiger partial charge is 0.416 e. The fourth-order valence-electron chi connectivity index (χ4n) is 2.52. The fraction of sp³-hybridized carbons (Fsp3) is 0.0952. The van der Waals surface area contributed by atoms with Crippen molar-refractivity contribution in [1.29, 1.82) is 0 Å². The summed E-state index contributed by atoms with van der Waals surface area (Å²) in [5.41, 5.74) is 5.44. The van der Waals surface area contributed by atoms with E-state index in [0.29, 0.717) is 5.71 Å². The van der Waals surface area contributed by atoms with E-state index in [1.165, 1.54) is 24.3 Å². The molecule has 0 aliphatic rings. The lowest BCUT2D eigenvalue weighted by Crippen LogP contribution is -2.05. The van der Waals surface area contributed by atoms with Gasteiger partial charge in [0.15, 0.2) is 0 Å². The van der Waals surface area contributed by atoms with E-state index in [1.807, 2.05) is 24.3 Å². The standard InChI is InChI=1S/C21H16F4N2/c1-14(26-27-20-4-2-3-18(13-20)21(23,24)25)15-5-7-16(8-6-15)17-9-11-19(22)12-10-17/h2-13,27H,1H3/b26-14+. The number of halogens is 4. The SMILES string of the molecule is C/C(=N\Nc1cccc(C(F)(F)F)c1)c1ccc(-c2ccc(F)cc2)cc1. The molecule has 0 unspecified atom stereocenters. The van der Waals surface area contributed by atoms with Gasteiger partial charge in [-0.2, -0.15) is 18.3 Å². The average Bonchev–Trinajstić information content (AvgIpc) is 2.66. The lowest BCUT2D eigenvalue weighted by Gasteiger charge is -2.09. The summed E-state index contributed by atoms with van der Waals surface area (Å²) in [5, 5.41) is 4.15. The molecule has 0 heterocycles. The molecule has 0 spiro atoms. The van der Waals surface area contributed by atoms with E-state index in [0.717, 1.165) is 28.8 Å². The third-order valence-corrected chi connectivity index (χ3v) is 4.02. The topological polar surface area (TPSA) is 24.4 Å². The number of hydrogen-bond donors (Lipinski definition) is 1. The summed E-state index contributed by atoms with van der Waals surface area (Å²) in [5.74, 6) is -0.293. The lowest BCUT2D eigenvalue weighted by atomic mass is 10.0. The minimum absolute atomic E-state index is 0.257. The lowest BCUT2D eigenvalue weighted by molar-refractivity contribution is -0.137. The molecule has 0 saturated heterocycles. The summed E-state index contributed by atoms with van der Waals surface area (Å²) in [6.07, 6.45) is -4.40. The van der Waals surface area contributed by atoms with Crippen LogP contribution >= 0.6 is 0 Å². The summed E-state index contributed by atoms with van der Waals surface area (Å²) < 4.78 is 51.2. The van der Waals surface area contributed by atoms with Gasteiger partial charge in [-0.05, 0) is 53.9 Å². The number of benzene rings is 3. The van der Waals surface area contributed by atoms with Crippen molar-refractivity contribution in [1.82, 2.24) is 0 Å². The first kappa shape index (κ1) is 18.6. The molecule has 1 N–H and O–H groups in total. The van der Waals surface area contributed by atoms with Crippen molar-refractivity contribution in [2.45, 2.75) is 13.1 Å². The number of alkyl halides is 3. The maximum absolute atomic E-state index is 13.0. The summed E-state index contributed by atoms with van der Waals surface area (Å²) >= 11 is 0. The molecule has 3 aromatic carbocycles. The molecule has 0 bridgehead atoms. The zero-order chi connectivity index (χ0) is 19.4. The Morgan fingerprint density at radius 3 is 2.04 bits per heavy atom. The Labute approximate surface area is 154 Å². The molecule has 27 heavy (non-hydrogen) atoms. The van der Waals surface area contributed by atoms with Crippen LogP contribution in [-0.4, -0.2) is 5.71 Å². The molecule has 0 aromatic heterocycles. The van der Waals surface area contributed by atoms with Gasteiger partial charge in [-0.25, -0.2) is 4.39 Å². The Balaban J connectivity index is 1.74. The van der Waals surface area contributed by atoms with Crippen molar-refractivity contribution >= 4 is 11.4 Å². The quantitative estimate of drug-likeness (QED) is 0.322. The van der Waals surface area contributed by atoms with E-state index in [1.54, 1.807) is 19.1 Å². The van der Waals surface area contributed by atoms with Crippen molar-refractivity contribution in [3.8, 4) is 11.1 Å². The average molecular weight is 372 g/mol. The van der Waals surface area contributed by atoms with Crippen LogP contribution in [0.3, 0.4) is 0 Å². The Morgan fingerprint density at radius 1 is 0.852 bits per heavy atom. The molecule has 3 aromatic rings. The van der Waals surface area contributed by atoms with Crippen LogP contribution in [0.4, 0.5) is 23.2 Å². The van der Waals surface area contributed by atoms with Crippen molar-refractivity contribution in [2.75, 3.05) is 5.43 Å². The van der Waals surface area contributed by atoms with Gasteiger partial charge in [0.2, 0.25) is 0 Å². The van der Waals surface area contributed by atoms with Crippen LogP contribution < -0.4 is 5.43 Å². The van der Waals surface area contributed by atoms with Gasteiger partial charge in [-0.15, -0.1) is 0 Å². The highest BCUT2D eigenvalue weighted by molar-refractivity contribution is 5.99. The summed E-state index contributed by atoms with van der Waals surface area (Å²) in [4.78, 5) is 0. The second-order valence-electron chi connectivity index (χ2n) is 5.97. The predicted molar refractivity (Wildman–Crippen MR) is 99.1 cm³/mol. The van der Waals surface area contributed by atoms with E-state index >= 15 is 0 Å². The van der Waals surface area contributed by atoms with Crippen LogP contribution in [0, 0.1) is 5.82 Å². The number of nitrogens with zero attached hydrogens (tertiary/aromatic N) is 1. The Morgan fingerprint density at radius 2 is 1.44 bits per heavy atom. The molecule has 0 saturated carbocycles. The predicted octanol–water partition coefficient (Wildman–Crippen LogP) is 6.35. The molecule has 0 amide bonds. The minimum atomic E-state index is -4.40. The van der Waals surface area contributed by atoms with Gasteiger partial charge in [-0.3, -0.25) is 5.43 Å². The third kappa shape index (κ3) is 4.73. The highest BCUT2D eigenvalue weighted by Crippen LogP contribution is 2.30. The molecule has 0 fully saturated rings. The first-order chi connectivity index (χ1) is 12.8. The van der Waals surface area contributed by atoms with E-state index < -0.39 is 11.7 Å². The van der Waals surface area contributed by atoms with Crippen LogP contribution in [0.2, 0.25) is 0 Å². The van der Waals surface area contributed by atoms with E-state index in [9.17, 15) is 17.6 Å². The van der Waals surface area contributed by atoms with Gasteiger partial charge in [-0.1, -0.05) is 42.5 Å². The summed E-state index contributed by atoms with van der Waals surface area (Å²) in [6, 6.07) is 18.5. The van der Waals surface area contributed by atoms with Crippen LogP contribution in [0.25, 0.3) is 11.1 Å². The monoisotopic (exact) mass is 372 g/mol. The van der Waals surface area contributed by atoms with Crippen LogP contribution in [0.1, 0.15) is 18.1 Å². The normalized spacial score (nSPS) is 12.1. The molecule has 138 valence electrons. The molecule has 2 nitrogen and oxygen atoms in total. The first-order valence-corrected chi connectivity index (χ1v) is 8.17. The molecule has 6 heteroatoms. The van der Waals surface area contributed by atoms with Crippen molar-refractivity contribution < 1.29 is 17.6 Å². The van der Waals surface area contributed by atoms with Gasteiger partial charge >= 0.3 is 6.18 Å².